The van der Waals surface area contributed by atoms with Crippen LogP contribution in [0.25, 0.3) is 16.9 Å². The molecule has 0 fully saturated rings. The van der Waals surface area contributed by atoms with Crippen molar-refractivity contribution in [3.8, 4) is 28.4 Å². The van der Waals surface area contributed by atoms with Gasteiger partial charge < -0.3 is 25.4 Å². The highest BCUT2D eigenvalue weighted by molar-refractivity contribution is 6.34. The number of halogens is 1. The molecule has 1 aliphatic carbocycles. The lowest BCUT2D eigenvalue weighted by molar-refractivity contribution is 0.0992. The number of carbonyl (C=O) groups is 2. The lowest BCUT2D eigenvalue weighted by atomic mass is 9.88. The van der Waals surface area contributed by atoms with Crippen LogP contribution >= 0.6 is 11.6 Å². The Morgan fingerprint density at radius 1 is 1.03 bits per heavy atom. The molecule has 38 heavy (non-hydrogen) atoms. The number of rotatable bonds is 5. The number of fused-ring (bicyclic) bond motifs is 4. The molecule has 10 heteroatoms. The minimum absolute atomic E-state index is 0.149. The van der Waals surface area contributed by atoms with Crippen LogP contribution in [0.5, 0.6) is 11.5 Å². The van der Waals surface area contributed by atoms with Crippen molar-refractivity contribution in [3.05, 3.63) is 82.0 Å². The van der Waals surface area contributed by atoms with Crippen molar-refractivity contribution in [2.24, 2.45) is 5.73 Å². The van der Waals surface area contributed by atoms with E-state index >= 15 is 0 Å². The molecule has 9 nitrogen and oxygen atoms in total. The zero-order valence-corrected chi connectivity index (χ0v) is 21.5. The van der Waals surface area contributed by atoms with Crippen LogP contribution in [0, 0.1) is 0 Å². The molecule has 1 aromatic heterocycles. The fourth-order valence-corrected chi connectivity index (χ4v) is 5.09. The Bertz CT molecular complexity index is 1630. The highest BCUT2D eigenvalue weighted by Crippen LogP contribution is 2.40. The summed E-state index contributed by atoms with van der Waals surface area (Å²) in [6.07, 6.45) is 1.32. The summed E-state index contributed by atoms with van der Waals surface area (Å²) in [6, 6.07) is 16.5. The van der Waals surface area contributed by atoms with Gasteiger partial charge in [-0.25, -0.2) is 4.68 Å². The lowest BCUT2D eigenvalue weighted by Crippen LogP contribution is -2.16. The minimum Gasteiger partial charge on any atom is -0.454 e. The summed E-state index contributed by atoms with van der Waals surface area (Å²) < 4.78 is 12.7. The van der Waals surface area contributed by atoms with Crippen molar-refractivity contribution < 1.29 is 19.1 Å². The first-order chi connectivity index (χ1) is 18.3. The molecule has 3 N–H and O–H groups in total. The van der Waals surface area contributed by atoms with Crippen LogP contribution in [0.1, 0.15) is 32.0 Å². The Hall–Kier alpha value is -4.50. The van der Waals surface area contributed by atoms with E-state index in [1.54, 1.807) is 16.8 Å². The molecule has 2 heterocycles. The first-order valence-corrected chi connectivity index (χ1v) is 12.4. The summed E-state index contributed by atoms with van der Waals surface area (Å²) in [4.78, 5) is 27.4. The molecule has 6 rings (SSSR count). The summed E-state index contributed by atoms with van der Waals surface area (Å²) in [7, 11) is 3.80. The molecular formula is C28H24ClN5O4. The highest BCUT2D eigenvalue weighted by Gasteiger charge is 2.29. The average molecular weight is 530 g/mol. The van der Waals surface area contributed by atoms with Gasteiger partial charge in [0.1, 0.15) is 0 Å². The molecule has 2 aliphatic rings. The molecule has 0 atom stereocenters. The van der Waals surface area contributed by atoms with Crippen LogP contribution in [0.2, 0.25) is 5.02 Å². The van der Waals surface area contributed by atoms with Gasteiger partial charge in [-0.3, -0.25) is 9.59 Å². The molecule has 0 bridgehead atoms. The number of nitrogens with zero attached hydrogens (tertiary/aromatic N) is 3. The number of hydrogen-bond acceptors (Lipinski definition) is 6. The summed E-state index contributed by atoms with van der Waals surface area (Å²) in [5.41, 5.74) is 11.9. The van der Waals surface area contributed by atoms with Gasteiger partial charge in [0.15, 0.2) is 17.2 Å². The van der Waals surface area contributed by atoms with Crippen molar-refractivity contribution in [2.45, 2.75) is 12.8 Å². The smallest absolute Gasteiger partial charge is 0.269 e. The predicted octanol–water partition coefficient (Wildman–Crippen LogP) is 4.44. The lowest BCUT2D eigenvalue weighted by Gasteiger charge is -2.20. The first kappa shape index (κ1) is 23.9. The number of nitrogens with one attached hydrogen (secondary N) is 1. The van der Waals surface area contributed by atoms with Crippen molar-refractivity contribution >= 4 is 34.8 Å². The number of aryl methyl sites for hydroxylation is 1. The number of carbonyl (C=O) groups excluding carboxylic acids is 2. The third-order valence-electron chi connectivity index (χ3n) is 6.80. The summed E-state index contributed by atoms with van der Waals surface area (Å²) >= 11 is 6.35. The fraction of sp³-hybridized carbons (Fsp3) is 0.179. The molecule has 2 amide bonds. The van der Waals surface area contributed by atoms with E-state index in [1.165, 1.54) is 0 Å². The number of nitrogens with two attached hydrogens (primary N) is 1. The number of benzene rings is 3. The Kier molecular flexibility index (Phi) is 5.72. The average Bonchev–Trinajstić information content (AvgIpc) is 3.53. The molecular weight excluding hydrogens is 506 g/mol. The maximum absolute atomic E-state index is 13.2. The third kappa shape index (κ3) is 4.01. The van der Waals surface area contributed by atoms with Crippen molar-refractivity contribution in [1.29, 1.82) is 0 Å². The van der Waals surface area contributed by atoms with Crippen LogP contribution < -0.4 is 25.4 Å². The van der Waals surface area contributed by atoms with E-state index in [2.05, 4.69) is 10.4 Å². The molecule has 0 unspecified atom stereocenters. The summed E-state index contributed by atoms with van der Waals surface area (Å²) in [5, 5.41) is 7.93. The van der Waals surface area contributed by atoms with Crippen molar-refractivity contribution in [3.63, 3.8) is 0 Å². The second kappa shape index (κ2) is 9.11. The highest BCUT2D eigenvalue weighted by atomic mass is 35.5. The van der Waals surface area contributed by atoms with Crippen LogP contribution in [-0.4, -0.2) is 42.5 Å². The summed E-state index contributed by atoms with van der Waals surface area (Å²) in [5.74, 6) is 0.328. The fourth-order valence-electron chi connectivity index (χ4n) is 4.88. The summed E-state index contributed by atoms with van der Waals surface area (Å²) in [6.45, 7) is 0.149. The standard InChI is InChI=1S/C28H24ClN5O4/c1-33(2)17-6-9-22(29)21(12-17)28(36)31-16-5-3-15-4-8-19-25(27(30)35)32-34(26(19)20(15)11-16)18-7-10-23-24(13-18)38-14-37-23/h3,5-7,9-13H,4,8,14H2,1-2H3,(H2,30,35)(H,31,36). The molecule has 1 aliphatic heterocycles. The SMILES string of the molecule is CN(C)c1ccc(Cl)c(C(=O)Nc2ccc3c(c2)-c2c(c(C(N)=O)nn2-c2ccc4c(c2)OCO4)CC3)c1. The molecule has 192 valence electrons. The van der Waals surface area contributed by atoms with Crippen molar-refractivity contribution in [2.75, 3.05) is 31.1 Å². The number of amides is 2. The van der Waals surface area contributed by atoms with E-state index < -0.39 is 5.91 Å². The van der Waals surface area contributed by atoms with Gasteiger partial charge >= 0.3 is 0 Å². The van der Waals surface area contributed by atoms with Crippen LogP contribution in [0.15, 0.2) is 54.6 Å². The maximum Gasteiger partial charge on any atom is 0.269 e. The van der Waals surface area contributed by atoms with Gasteiger partial charge in [0, 0.05) is 42.7 Å². The quantitative estimate of drug-likeness (QED) is 0.395. The zero-order chi connectivity index (χ0) is 26.6. The van der Waals surface area contributed by atoms with Gasteiger partial charge in [0.25, 0.3) is 11.8 Å². The zero-order valence-electron chi connectivity index (χ0n) is 20.7. The van der Waals surface area contributed by atoms with Gasteiger partial charge in [-0.15, -0.1) is 0 Å². The van der Waals surface area contributed by atoms with Gasteiger partial charge in [0.2, 0.25) is 6.79 Å². The number of ether oxygens (including phenoxy) is 2. The largest absolute Gasteiger partial charge is 0.454 e. The van der Waals surface area contributed by atoms with Crippen molar-refractivity contribution in [1.82, 2.24) is 9.78 Å². The molecule has 3 aromatic carbocycles. The first-order valence-electron chi connectivity index (χ1n) is 12.0. The van der Waals surface area contributed by atoms with E-state index in [-0.39, 0.29) is 18.4 Å². The third-order valence-corrected chi connectivity index (χ3v) is 7.13. The van der Waals surface area contributed by atoms with E-state index in [0.29, 0.717) is 46.3 Å². The van der Waals surface area contributed by atoms with E-state index in [4.69, 9.17) is 26.8 Å². The number of anilines is 2. The molecule has 0 saturated carbocycles. The van der Waals surface area contributed by atoms with E-state index in [0.717, 1.165) is 28.1 Å². The van der Waals surface area contributed by atoms with Gasteiger partial charge in [-0.05, 0) is 60.9 Å². The van der Waals surface area contributed by atoms with Gasteiger partial charge in [-0.2, -0.15) is 5.10 Å². The molecule has 4 aromatic rings. The minimum atomic E-state index is -0.593. The Morgan fingerprint density at radius 2 is 1.84 bits per heavy atom. The molecule has 0 saturated heterocycles. The van der Waals surface area contributed by atoms with Gasteiger partial charge in [0.05, 0.1) is 22.0 Å². The Morgan fingerprint density at radius 3 is 2.63 bits per heavy atom. The molecule has 0 radical (unpaired) electrons. The second-order valence-electron chi connectivity index (χ2n) is 9.37. The van der Waals surface area contributed by atoms with Crippen LogP contribution in [-0.2, 0) is 12.8 Å². The van der Waals surface area contributed by atoms with Crippen LogP contribution in [0.3, 0.4) is 0 Å². The number of hydrogen-bond donors (Lipinski definition) is 2. The van der Waals surface area contributed by atoms with Gasteiger partial charge in [-0.1, -0.05) is 17.7 Å². The topological polar surface area (TPSA) is 112 Å². The Balaban J connectivity index is 1.42. The maximum atomic E-state index is 13.2. The van der Waals surface area contributed by atoms with Crippen LogP contribution in [0.4, 0.5) is 11.4 Å². The monoisotopic (exact) mass is 529 g/mol. The Labute approximate surface area is 223 Å². The number of primary amides is 1. The predicted molar refractivity (Wildman–Crippen MR) is 145 cm³/mol. The normalized spacial score (nSPS) is 13.0. The van der Waals surface area contributed by atoms with E-state index in [9.17, 15) is 9.59 Å². The van der Waals surface area contributed by atoms with E-state index in [1.807, 2.05) is 61.5 Å². The number of aromatic nitrogens is 2. The second-order valence-corrected chi connectivity index (χ2v) is 9.78. The molecule has 0 spiro atoms.